The van der Waals surface area contributed by atoms with E-state index >= 15 is 0 Å². The highest BCUT2D eigenvalue weighted by Crippen LogP contribution is 2.15. The molecule has 110 valence electrons. The van der Waals surface area contributed by atoms with Crippen LogP contribution < -0.4 is 10.1 Å². The molecule has 5 heteroatoms. The van der Waals surface area contributed by atoms with Gasteiger partial charge in [-0.05, 0) is 37.1 Å². The summed E-state index contributed by atoms with van der Waals surface area (Å²) in [5.41, 5.74) is 0.759. The van der Waals surface area contributed by atoms with Crippen LogP contribution in [-0.2, 0) is 14.3 Å². The number of carbonyl (C=O) groups is 1. The molecule has 5 nitrogen and oxygen atoms in total. The lowest BCUT2D eigenvalue weighted by molar-refractivity contribution is -0.117. The van der Waals surface area contributed by atoms with Gasteiger partial charge in [-0.3, -0.25) is 4.79 Å². The van der Waals surface area contributed by atoms with Crippen LogP contribution in [0.4, 0.5) is 5.69 Å². The normalized spacial score (nSPS) is 17.9. The molecule has 0 aromatic heterocycles. The van der Waals surface area contributed by atoms with Gasteiger partial charge in [0.25, 0.3) is 0 Å². The Morgan fingerprint density at radius 1 is 1.40 bits per heavy atom. The molecule has 1 aromatic carbocycles. The Labute approximate surface area is 119 Å². The molecule has 1 atom stereocenters. The number of anilines is 1. The van der Waals surface area contributed by atoms with Crippen molar-refractivity contribution in [2.45, 2.75) is 25.4 Å². The van der Waals surface area contributed by atoms with Crippen LogP contribution in [0.2, 0.25) is 0 Å². The molecule has 1 heterocycles. The van der Waals surface area contributed by atoms with Gasteiger partial charge < -0.3 is 19.5 Å². The molecule has 0 radical (unpaired) electrons. The fourth-order valence-corrected chi connectivity index (χ4v) is 2.05. The summed E-state index contributed by atoms with van der Waals surface area (Å²) in [6, 6.07) is 7.24. The number of rotatable bonds is 7. The first-order valence-electron chi connectivity index (χ1n) is 6.91. The van der Waals surface area contributed by atoms with Crippen LogP contribution in [0.5, 0.6) is 5.75 Å². The number of hydrogen-bond acceptors (Lipinski definition) is 4. The van der Waals surface area contributed by atoms with E-state index in [-0.39, 0.29) is 12.0 Å². The summed E-state index contributed by atoms with van der Waals surface area (Å²) in [5.74, 6) is 0.713. The molecule has 1 saturated heterocycles. The zero-order valence-corrected chi connectivity index (χ0v) is 11.8. The van der Waals surface area contributed by atoms with E-state index in [2.05, 4.69) is 5.32 Å². The molecule has 20 heavy (non-hydrogen) atoms. The van der Waals surface area contributed by atoms with E-state index in [0.717, 1.165) is 30.9 Å². The monoisotopic (exact) mass is 279 g/mol. The van der Waals surface area contributed by atoms with Crippen molar-refractivity contribution in [2.75, 3.05) is 32.2 Å². The van der Waals surface area contributed by atoms with Gasteiger partial charge >= 0.3 is 0 Å². The molecule has 1 aliphatic rings. The highest BCUT2D eigenvalue weighted by atomic mass is 16.5. The van der Waals surface area contributed by atoms with Crippen molar-refractivity contribution in [1.82, 2.24) is 0 Å². The second-order valence-electron chi connectivity index (χ2n) is 4.74. The summed E-state index contributed by atoms with van der Waals surface area (Å²) in [6.07, 6.45) is 2.71. The highest BCUT2D eigenvalue weighted by Gasteiger charge is 2.15. The Bertz CT molecular complexity index is 412. The molecule has 1 fully saturated rings. The number of benzene rings is 1. The van der Waals surface area contributed by atoms with E-state index in [1.807, 2.05) is 24.3 Å². The molecule has 2 rings (SSSR count). The van der Waals surface area contributed by atoms with E-state index in [0.29, 0.717) is 19.6 Å². The molecule has 0 saturated carbocycles. The SMILES string of the molecule is COc1ccc(NC(=O)CCOC[C@H]2CCCO2)cc1. The predicted molar refractivity (Wildman–Crippen MR) is 76.0 cm³/mol. The first-order valence-corrected chi connectivity index (χ1v) is 6.91. The molecular formula is C15H21NO4. The molecule has 1 aliphatic heterocycles. The maximum atomic E-state index is 11.7. The number of carbonyl (C=O) groups excluding carboxylic acids is 1. The summed E-state index contributed by atoms with van der Waals surface area (Å²) < 4.78 is 16.0. The Balaban J connectivity index is 1.61. The van der Waals surface area contributed by atoms with E-state index in [1.165, 1.54) is 0 Å². The third-order valence-electron chi connectivity index (χ3n) is 3.17. The molecule has 0 spiro atoms. The Hall–Kier alpha value is -1.59. The maximum absolute atomic E-state index is 11.7. The second-order valence-corrected chi connectivity index (χ2v) is 4.74. The summed E-state index contributed by atoms with van der Waals surface area (Å²) in [6.45, 7) is 1.82. The van der Waals surface area contributed by atoms with Gasteiger partial charge in [0.05, 0.1) is 32.8 Å². The third-order valence-corrected chi connectivity index (χ3v) is 3.17. The van der Waals surface area contributed by atoms with Gasteiger partial charge in [-0.25, -0.2) is 0 Å². The Morgan fingerprint density at radius 3 is 2.85 bits per heavy atom. The van der Waals surface area contributed by atoms with Crippen molar-refractivity contribution >= 4 is 11.6 Å². The number of amides is 1. The minimum atomic E-state index is -0.0532. The van der Waals surface area contributed by atoms with Crippen LogP contribution in [0.1, 0.15) is 19.3 Å². The molecule has 1 amide bonds. The van der Waals surface area contributed by atoms with Gasteiger partial charge in [0, 0.05) is 12.3 Å². The molecule has 1 aromatic rings. The fourth-order valence-electron chi connectivity index (χ4n) is 2.05. The third kappa shape index (κ3) is 4.83. The molecule has 0 aliphatic carbocycles. The number of nitrogens with one attached hydrogen (secondary N) is 1. The van der Waals surface area contributed by atoms with Crippen LogP contribution in [-0.4, -0.2) is 38.9 Å². The quantitative estimate of drug-likeness (QED) is 0.778. The standard InChI is InChI=1S/C15H21NO4/c1-18-13-6-4-12(5-7-13)16-15(17)8-10-19-11-14-3-2-9-20-14/h4-7,14H,2-3,8-11H2,1H3,(H,16,17)/t14-/m1/s1. The van der Waals surface area contributed by atoms with Gasteiger partial charge in [0.1, 0.15) is 5.75 Å². The molecule has 0 bridgehead atoms. The van der Waals surface area contributed by atoms with Crippen molar-refractivity contribution in [3.63, 3.8) is 0 Å². The van der Waals surface area contributed by atoms with Crippen LogP contribution in [0.3, 0.4) is 0 Å². The van der Waals surface area contributed by atoms with Crippen molar-refractivity contribution in [2.24, 2.45) is 0 Å². The van der Waals surface area contributed by atoms with Gasteiger partial charge in [-0.2, -0.15) is 0 Å². The van der Waals surface area contributed by atoms with Crippen molar-refractivity contribution in [1.29, 1.82) is 0 Å². The minimum Gasteiger partial charge on any atom is -0.497 e. The fraction of sp³-hybridized carbons (Fsp3) is 0.533. The molecule has 1 N–H and O–H groups in total. The summed E-state index contributed by atoms with van der Waals surface area (Å²) in [5, 5.41) is 2.82. The van der Waals surface area contributed by atoms with E-state index in [1.54, 1.807) is 7.11 Å². The maximum Gasteiger partial charge on any atom is 0.226 e. The topological polar surface area (TPSA) is 56.8 Å². The zero-order valence-electron chi connectivity index (χ0n) is 11.8. The number of hydrogen-bond donors (Lipinski definition) is 1. The molecule has 0 unspecified atom stereocenters. The first kappa shape index (κ1) is 14.8. The Kier molecular flexibility index (Phi) is 5.83. The summed E-state index contributed by atoms with van der Waals surface area (Å²) in [4.78, 5) is 11.7. The largest absolute Gasteiger partial charge is 0.497 e. The van der Waals surface area contributed by atoms with Crippen LogP contribution in [0.25, 0.3) is 0 Å². The van der Waals surface area contributed by atoms with Gasteiger partial charge in [-0.15, -0.1) is 0 Å². The Morgan fingerprint density at radius 2 is 2.20 bits per heavy atom. The highest BCUT2D eigenvalue weighted by molar-refractivity contribution is 5.90. The lowest BCUT2D eigenvalue weighted by Gasteiger charge is -2.10. The number of methoxy groups -OCH3 is 1. The average molecular weight is 279 g/mol. The average Bonchev–Trinajstić information content (AvgIpc) is 2.98. The zero-order chi connectivity index (χ0) is 14.2. The van der Waals surface area contributed by atoms with E-state index in [9.17, 15) is 4.79 Å². The van der Waals surface area contributed by atoms with Crippen LogP contribution in [0.15, 0.2) is 24.3 Å². The van der Waals surface area contributed by atoms with Crippen molar-refractivity contribution in [3.05, 3.63) is 24.3 Å². The van der Waals surface area contributed by atoms with Gasteiger partial charge in [0.2, 0.25) is 5.91 Å². The first-order chi connectivity index (χ1) is 9.78. The van der Waals surface area contributed by atoms with E-state index < -0.39 is 0 Å². The smallest absolute Gasteiger partial charge is 0.226 e. The van der Waals surface area contributed by atoms with E-state index in [4.69, 9.17) is 14.2 Å². The van der Waals surface area contributed by atoms with Crippen LogP contribution >= 0.6 is 0 Å². The second kappa shape index (κ2) is 7.87. The lowest BCUT2D eigenvalue weighted by Crippen LogP contribution is -2.18. The summed E-state index contributed by atoms with van der Waals surface area (Å²) >= 11 is 0. The summed E-state index contributed by atoms with van der Waals surface area (Å²) in [7, 11) is 1.61. The minimum absolute atomic E-state index is 0.0532. The van der Waals surface area contributed by atoms with Crippen molar-refractivity contribution < 1.29 is 19.0 Å². The van der Waals surface area contributed by atoms with Crippen LogP contribution in [0, 0.1) is 0 Å². The van der Waals surface area contributed by atoms with Gasteiger partial charge in [0.15, 0.2) is 0 Å². The molecular weight excluding hydrogens is 258 g/mol. The van der Waals surface area contributed by atoms with Gasteiger partial charge in [-0.1, -0.05) is 0 Å². The predicted octanol–water partition coefficient (Wildman–Crippen LogP) is 2.22. The lowest BCUT2D eigenvalue weighted by atomic mass is 10.2. The number of ether oxygens (including phenoxy) is 3. The van der Waals surface area contributed by atoms with Crippen molar-refractivity contribution in [3.8, 4) is 5.75 Å².